The lowest BCUT2D eigenvalue weighted by Crippen LogP contribution is -2.37. The Morgan fingerprint density at radius 2 is 1.88 bits per heavy atom. The standard InChI is InChI=1S/C17H16Cl2N2O3/c1-10-6-7-13(11(2)8-10)20-17(23)21-15(22)9-24-14-5-3-4-12(18)16(14)19/h3-8H,9H2,1-2H3,(H2,20,21,22,23). The van der Waals surface area contributed by atoms with E-state index in [0.717, 1.165) is 11.1 Å². The highest BCUT2D eigenvalue weighted by Gasteiger charge is 2.12. The Morgan fingerprint density at radius 1 is 1.12 bits per heavy atom. The van der Waals surface area contributed by atoms with Crippen LogP contribution in [0.1, 0.15) is 11.1 Å². The van der Waals surface area contributed by atoms with Gasteiger partial charge in [0, 0.05) is 5.69 Å². The second kappa shape index (κ2) is 8.04. The van der Waals surface area contributed by atoms with Crippen LogP contribution in [0.15, 0.2) is 36.4 Å². The van der Waals surface area contributed by atoms with Crippen LogP contribution in [-0.4, -0.2) is 18.5 Å². The lowest BCUT2D eigenvalue weighted by molar-refractivity contribution is -0.121. The predicted octanol–water partition coefficient (Wildman–Crippen LogP) is 4.34. The number of rotatable bonds is 4. The van der Waals surface area contributed by atoms with Crippen molar-refractivity contribution in [2.75, 3.05) is 11.9 Å². The molecule has 0 fully saturated rings. The summed E-state index contributed by atoms with van der Waals surface area (Å²) in [5.74, 6) is -0.331. The van der Waals surface area contributed by atoms with Gasteiger partial charge < -0.3 is 10.1 Å². The highest BCUT2D eigenvalue weighted by molar-refractivity contribution is 6.42. The minimum atomic E-state index is -0.632. The second-order valence-corrected chi connectivity index (χ2v) is 5.95. The zero-order valence-electron chi connectivity index (χ0n) is 13.2. The van der Waals surface area contributed by atoms with Gasteiger partial charge in [-0.3, -0.25) is 10.1 Å². The molecule has 0 aromatic heterocycles. The first-order chi connectivity index (χ1) is 11.4. The Kier molecular flexibility index (Phi) is 6.06. The second-order valence-electron chi connectivity index (χ2n) is 5.16. The maximum atomic E-state index is 11.8. The summed E-state index contributed by atoms with van der Waals surface area (Å²) < 4.78 is 5.26. The molecule has 2 aromatic carbocycles. The van der Waals surface area contributed by atoms with Crippen molar-refractivity contribution in [3.63, 3.8) is 0 Å². The van der Waals surface area contributed by atoms with E-state index in [9.17, 15) is 9.59 Å². The number of halogens is 2. The van der Waals surface area contributed by atoms with E-state index < -0.39 is 11.9 Å². The first kappa shape index (κ1) is 18.1. The molecule has 0 unspecified atom stereocenters. The molecule has 0 bridgehead atoms. The van der Waals surface area contributed by atoms with Crippen molar-refractivity contribution < 1.29 is 14.3 Å². The molecule has 24 heavy (non-hydrogen) atoms. The van der Waals surface area contributed by atoms with E-state index in [4.69, 9.17) is 27.9 Å². The van der Waals surface area contributed by atoms with Crippen LogP contribution in [0, 0.1) is 13.8 Å². The van der Waals surface area contributed by atoms with E-state index in [2.05, 4.69) is 10.6 Å². The largest absolute Gasteiger partial charge is 0.482 e. The third-order valence-electron chi connectivity index (χ3n) is 3.16. The van der Waals surface area contributed by atoms with Gasteiger partial charge in [0.1, 0.15) is 10.8 Å². The Labute approximate surface area is 149 Å². The molecule has 3 amide bonds. The first-order valence-electron chi connectivity index (χ1n) is 7.11. The molecule has 0 aliphatic heterocycles. The van der Waals surface area contributed by atoms with Gasteiger partial charge in [-0.15, -0.1) is 0 Å². The van der Waals surface area contributed by atoms with Gasteiger partial charge in [-0.2, -0.15) is 0 Å². The zero-order chi connectivity index (χ0) is 17.7. The predicted molar refractivity (Wildman–Crippen MR) is 95.0 cm³/mol. The number of urea groups is 1. The number of amides is 3. The molecule has 2 N–H and O–H groups in total. The molecule has 0 atom stereocenters. The number of carbonyl (C=O) groups is 2. The number of imide groups is 1. The number of carbonyl (C=O) groups excluding carboxylic acids is 2. The molecule has 5 nitrogen and oxygen atoms in total. The quantitative estimate of drug-likeness (QED) is 0.845. The fraction of sp³-hybridized carbons (Fsp3) is 0.176. The average molecular weight is 367 g/mol. The van der Waals surface area contributed by atoms with E-state index in [-0.39, 0.29) is 17.4 Å². The maximum absolute atomic E-state index is 11.8. The molecule has 126 valence electrons. The van der Waals surface area contributed by atoms with Gasteiger partial charge in [0.25, 0.3) is 5.91 Å². The summed E-state index contributed by atoms with van der Waals surface area (Å²) in [5.41, 5.74) is 2.62. The summed E-state index contributed by atoms with van der Waals surface area (Å²) in [5, 5.41) is 5.33. The summed E-state index contributed by atoms with van der Waals surface area (Å²) in [6.45, 7) is 3.47. The highest BCUT2D eigenvalue weighted by Crippen LogP contribution is 2.31. The zero-order valence-corrected chi connectivity index (χ0v) is 14.7. The molecule has 0 spiro atoms. The molecule has 0 heterocycles. The van der Waals surface area contributed by atoms with Crippen molar-refractivity contribution in [2.45, 2.75) is 13.8 Å². The van der Waals surface area contributed by atoms with E-state index >= 15 is 0 Å². The molecular weight excluding hydrogens is 351 g/mol. The lowest BCUT2D eigenvalue weighted by atomic mass is 10.1. The van der Waals surface area contributed by atoms with Crippen LogP contribution in [-0.2, 0) is 4.79 Å². The maximum Gasteiger partial charge on any atom is 0.325 e. The number of ether oxygens (including phenoxy) is 1. The molecule has 7 heteroatoms. The molecule has 0 aliphatic carbocycles. The molecular formula is C17H16Cl2N2O3. The number of aryl methyl sites for hydroxylation is 2. The molecule has 2 aromatic rings. The van der Waals surface area contributed by atoms with Crippen LogP contribution in [0.3, 0.4) is 0 Å². The van der Waals surface area contributed by atoms with Crippen molar-refractivity contribution in [3.8, 4) is 5.75 Å². The Bertz CT molecular complexity index is 778. The molecule has 0 aliphatic rings. The third-order valence-corrected chi connectivity index (χ3v) is 3.96. The monoisotopic (exact) mass is 366 g/mol. The fourth-order valence-electron chi connectivity index (χ4n) is 2.01. The summed E-state index contributed by atoms with van der Waals surface area (Å²) in [4.78, 5) is 23.6. The number of anilines is 1. The van der Waals surface area contributed by atoms with Gasteiger partial charge >= 0.3 is 6.03 Å². The van der Waals surface area contributed by atoms with Gasteiger partial charge in [-0.05, 0) is 37.6 Å². The summed E-state index contributed by atoms with van der Waals surface area (Å²) in [6.07, 6.45) is 0. The SMILES string of the molecule is Cc1ccc(NC(=O)NC(=O)COc2cccc(Cl)c2Cl)c(C)c1. The molecule has 2 rings (SSSR count). The van der Waals surface area contributed by atoms with Crippen molar-refractivity contribution in [3.05, 3.63) is 57.6 Å². The van der Waals surface area contributed by atoms with Crippen LogP contribution in [0.25, 0.3) is 0 Å². The van der Waals surface area contributed by atoms with Crippen LogP contribution in [0.4, 0.5) is 10.5 Å². The number of benzene rings is 2. The minimum absolute atomic E-state index is 0.215. The summed E-state index contributed by atoms with van der Waals surface area (Å²) >= 11 is 11.8. The van der Waals surface area contributed by atoms with Gasteiger partial charge in [0.05, 0.1) is 5.02 Å². The Hall–Kier alpha value is -2.24. The smallest absolute Gasteiger partial charge is 0.325 e. The van der Waals surface area contributed by atoms with Crippen LogP contribution >= 0.6 is 23.2 Å². The summed E-state index contributed by atoms with van der Waals surface area (Å²) in [7, 11) is 0. The van der Waals surface area contributed by atoms with Gasteiger partial charge in [-0.1, -0.05) is 47.0 Å². The van der Waals surface area contributed by atoms with Gasteiger partial charge in [-0.25, -0.2) is 4.79 Å². The van der Waals surface area contributed by atoms with Crippen LogP contribution in [0.5, 0.6) is 5.75 Å². The van der Waals surface area contributed by atoms with Crippen LogP contribution < -0.4 is 15.4 Å². The highest BCUT2D eigenvalue weighted by atomic mass is 35.5. The van der Waals surface area contributed by atoms with E-state index in [1.807, 2.05) is 26.0 Å². The van der Waals surface area contributed by atoms with Crippen LogP contribution in [0.2, 0.25) is 10.0 Å². The molecule has 0 radical (unpaired) electrons. The number of nitrogens with one attached hydrogen (secondary N) is 2. The van der Waals surface area contributed by atoms with E-state index in [0.29, 0.717) is 10.7 Å². The fourth-order valence-corrected chi connectivity index (χ4v) is 2.36. The molecule has 0 saturated heterocycles. The number of hydrogen-bond donors (Lipinski definition) is 2. The molecule has 0 saturated carbocycles. The van der Waals surface area contributed by atoms with Crippen molar-refractivity contribution in [1.82, 2.24) is 5.32 Å². The van der Waals surface area contributed by atoms with E-state index in [1.165, 1.54) is 0 Å². The van der Waals surface area contributed by atoms with Crippen molar-refractivity contribution in [1.29, 1.82) is 0 Å². The van der Waals surface area contributed by atoms with Crippen molar-refractivity contribution in [2.24, 2.45) is 0 Å². The topological polar surface area (TPSA) is 67.4 Å². The Morgan fingerprint density at radius 3 is 2.58 bits per heavy atom. The minimum Gasteiger partial charge on any atom is -0.482 e. The third kappa shape index (κ3) is 4.88. The van der Waals surface area contributed by atoms with Gasteiger partial charge in [0.2, 0.25) is 0 Å². The normalized spacial score (nSPS) is 10.2. The van der Waals surface area contributed by atoms with Gasteiger partial charge in [0.15, 0.2) is 6.61 Å². The summed E-state index contributed by atoms with van der Waals surface area (Å²) in [6, 6.07) is 9.78. The lowest BCUT2D eigenvalue weighted by Gasteiger charge is -2.11. The van der Waals surface area contributed by atoms with E-state index in [1.54, 1.807) is 24.3 Å². The number of hydrogen-bond acceptors (Lipinski definition) is 3. The first-order valence-corrected chi connectivity index (χ1v) is 7.87. The average Bonchev–Trinajstić information content (AvgIpc) is 2.51. The Balaban J connectivity index is 1.87. The van der Waals surface area contributed by atoms with Crippen molar-refractivity contribution >= 4 is 40.8 Å².